The fourth-order valence-electron chi connectivity index (χ4n) is 3.41. The summed E-state index contributed by atoms with van der Waals surface area (Å²) in [6.45, 7) is 2.35. The molecular formula is C22H23NO5. The summed E-state index contributed by atoms with van der Waals surface area (Å²) in [4.78, 5) is 27.0. The Kier molecular flexibility index (Phi) is 5.68. The summed E-state index contributed by atoms with van der Waals surface area (Å²) >= 11 is 0. The van der Waals surface area contributed by atoms with Gasteiger partial charge in [-0.15, -0.1) is 0 Å². The predicted octanol–water partition coefficient (Wildman–Crippen LogP) is 3.54. The molecule has 1 heterocycles. The number of aliphatic hydroxyl groups excluding tert-OH is 1. The molecule has 28 heavy (non-hydrogen) atoms. The summed E-state index contributed by atoms with van der Waals surface area (Å²) in [7, 11) is 3.09. The quantitative estimate of drug-likeness (QED) is 0.471. The molecule has 6 nitrogen and oxygen atoms in total. The normalized spacial score (nSPS) is 18.4. The van der Waals surface area contributed by atoms with Crippen molar-refractivity contribution in [2.45, 2.75) is 19.4 Å². The molecule has 1 unspecified atom stereocenters. The number of hydrogen-bond donors (Lipinski definition) is 1. The van der Waals surface area contributed by atoms with Gasteiger partial charge < -0.3 is 19.5 Å². The Balaban J connectivity index is 2.16. The van der Waals surface area contributed by atoms with E-state index in [1.807, 2.05) is 6.92 Å². The molecule has 1 aliphatic heterocycles. The zero-order valence-corrected chi connectivity index (χ0v) is 16.1. The van der Waals surface area contributed by atoms with Gasteiger partial charge in [-0.25, -0.2) is 0 Å². The molecule has 3 rings (SSSR count). The second-order valence-corrected chi connectivity index (χ2v) is 6.50. The van der Waals surface area contributed by atoms with Gasteiger partial charge >= 0.3 is 0 Å². The Morgan fingerprint density at radius 2 is 1.71 bits per heavy atom. The molecule has 6 heteroatoms. The third-order valence-corrected chi connectivity index (χ3v) is 4.78. The molecule has 0 saturated carbocycles. The number of carbonyl (C=O) groups excluding carboxylic acids is 2. The van der Waals surface area contributed by atoms with E-state index in [1.165, 1.54) is 12.0 Å². The maximum atomic E-state index is 12.8. The summed E-state index contributed by atoms with van der Waals surface area (Å²) < 4.78 is 10.4. The maximum Gasteiger partial charge on any atom is 0.295 e. The van der Waals surface area contributed by atoms with Crippen LogP contribution >= 0.6 is 0 Å². The van der Waals surface area contributed by atoms with Crippen molar-refractivity contribution < 1.29 is 24.2 Å². The number of methoxy groups -OCH3 is 2. The van der Waals surface area contributed by atoms with Gasteiger partial charge in [-0.05, 0) is 36.2 Å². The summed E-state index contributed by atoms with van der Waals surface area (Å²) in [5.74, 6) is -0.282. The molecule has 146 valence electrons. The minimum Gasteiger partial charge on any atom is -0.507 e. The van der Waals surface area contributed by atoms with Gasteiger partial charge in [0.2, 0.25) is 0 Å². The summed E-state index contributed by atoms with van der Waals surface area (Å²) in [5, 5.41) is 10.9. The van der Waals surface area contributed by atoms with E-state index >= 15 is 0 Å². The van der Waals surface area contributed by atoms with Crippen LogP contribution in [0.1, 0.15) is 30.5 Å². The number of rotatable bonds is 6. The van der Waals surface area contributed by atoms with E-state index in [0.717, 1.165) is 5.56 Å². The van der Waals surface area contributed by atoms with Crippen molar-refractivity contribution in [3.8, 4) is 11.5 Å². The number of aliphatic hydroxyl groups is 1. The van der Waals surface area contributed by atoms with Crippen LogP contribution in [0.4, 0.5) is 0 Å². The van der Waals surface area contributed by atoms with E-state index in [-0.39, 0.29) is 11.3 Å². The molecule has 1 N–H and O–H groups in total. The highest BCUT2D eigenvalue weighted by Crippen LogP contribution is 2.40. The van der Waals surface area contributed by atoms with Crippen molar-refractivity contribution in [3.05, 3.63) is 65.2 Å². The van der Waals surface area contributed by atoms with E-state index in [9.17, 15) is 14.7 Å². The van der Waals surface area contributed by atoms with Gasteiger partial charge in [-0.2, -0.15) is 0 Å². The van der Waals surface area contributed by atoms with Crippen molar-refractivity contribution in [1.29, 1.82) is 0 Å². The number of ketones is 1. The number of likely N-dealkylation sites (tertiary alicyclic amines) is 1. The molecule has 1 aliphatic rings. The predicted molar refractivity (Wildman–Crippen MR) is 105 cm³/mol. The second kappa shape index (κ2) is 8.17. The van der Waals surface area contributed by atoms with Crippen molar-refractivity contribution in [2.75, 3.05) is 20.8 Å². The Morgan fingerprint density at radius 1 is 1.04 bits per heavy atom. The van der Waals surface area contributed by atoms with Crippen LogP contribution in [0.15, 0.2) is 54.1 Å². The smallest absolute Gasteiger partial charge is 0.295 e. The molecule has 2 aromatic carbocycles. The molecule has 1 fully saturated rings. The van der Waals surface area contributed by atoms with Gasteiger partial charge in [-0.3, -0.25) is 9.59 Å². The highest BCUT2D eigenvalue weighted by Gasteiger charge is 2.45. The minimum absolute atomic E-state index is 0.0804. The topological polar surface area (TPSA) is 76.1 Å². The molecule has 0 spiro atoms. The van der Waals surface area contributed by atoms with E-state index in [4.69, 9.17) is 9.47 Å². The zero-order chi connectivity index (χ0) is 20.3. The largest absolute Gasteiger partial charge is 0.507 e. The van der Waals surface area contributed by atoms with Crippen molar-refractivity contribution in [2.24, 2.45) is 0 Å². The first-order chi connectivity index (χ1) is 13.5. The molecule has 0 bridgehead atoms. The lowest BCUT2D eigenvalue weighted by Gasteiger charge is -2.25. The highest BCUT2D eigenvalue weighted by atomic mass is 16.5. The van der Waals surface area contributed by atoms with Crippen molar-refractivity contribution in [3.63, 3.8) is 0 Å². The summed E-state index contributed by atoms with van der Waals surface area (Å²) in [5.41, 5.74) is 1.24. The van der Waals surface area contributed by atoms with Gasteiger partial charge in [0.15, 0.2) is 0 Å². The van der Waals surface area contributed by atoms with Crippen LogP contribution in [-0.2, 0) is 9.59 Å². The number of ether oxygens (including phenoxy) is 2. The molecule has 1 amide bonds. The number of carbonyl (C=O) groups is 2. The molecule has 0 aliphatic carbocycles. The average molecular weight is 381 g/mol. The standard InChI is InChI=1S/C22H23NO5/c1-4-12-23-19(14-8-10-16(27-2)11-9-14)18(21(25)22(23)26)20(24)15-6-5-7-17(13-15)28-3/h5-11,13,19,24H,4,12H2,1-3H3/b20-18-. The van der Waals surface area contributed by atoms with Crippen LogP contribution in [0, 0.1) is 0 Å². The fraction of sp³-hybridized carbons (Fsp3) is 0.273. The Hall–Kier alpha value is -3.28. The van der Waals surface area contributed by atoms with Gasteiger partial charge in [0, 0.05) is 12.1 Å². The lowest BCUT2D eigenvalue weighted by atomic mass is 9.95. The Labute approximate surface area is 164 Å². The van der Waals surface area contributed by atoms with Gasteiger partial charge in [0.25, 0.3) is 11.7 Å². The summed E-state index contributed by atoms with van der Waals surface area (Å²) in [6.07, 6.45) is 0.693. The highest BCUT2D eigenvalue weighted by molar-refractivity contribution is 6.46. The van der Waals surface area contributed by atoms with Crippen LogP contribution in [-0.4, -0.2) is 42.5 Å². The molecule has 1 atom stereocenters. The minimum atomic E-state index is -0.686. The van der Waals surface area contributed by atoms with E-state index in [1.54, 1.807) is 55.6 Å². The molecule has 0 aromatic heterocycles. The van der Waals surface area contributed by atoms with Gasteiger partial charge in [-0.1, -0.05) is 31.2 Å². The summed E-state index contributed by atoms with van der Waals surface area (Å²) in [6, 6.07) is 13.3. The van der Waals surface area contributed by atoms with E-state index < -0.39 is 17.7 Å². The third-order valence-electron chi connectivity index (χ3n) is 4.78. The van der Waals surface area contributed by atoms with Crippen molar-refractivity contribution >= 4 is 17.4 Å². The van der Waals surface area contributed by atoms with Crippen LogP contribution < -0.4 is 9.47 Å². The number of nitrogens with zero attached hydrogens (tertiary/aromatic N) is 1. The number of Topliss-reactive ketones (excluding diaryl/α,β-unsaturated/α-hetero) is 1. The molecule has 2 aromatic rings. The van der Waals surface area contributed by atoms with Crippen LogP contribution in [0.5, 0.6) is 11.5 Å². The van der Waals surface area contributed by atoms with E-state index in [2.05, 4.69) is 0 Å². The van der Waals surface area contributed by atoms with Crippen molar-refractivity contribution in [1.82, 2.24) is 4.90 Å². The maximum absolute atomic E-state index is 12.8. The van der Waals surface area contributed by atoms with E-state index in [0.29, 0.717) is 30.0 Å². The Bertz CT molecular complexity index is 917. The molecule has 0 radical (unpaired) electrons. The molecule has 1 saturated heterocycles. The lowest BCUT2D eigenvalue weighted by Crippen LogP contribution is -2.30. The number of hydrogen-bond acceptors (Lipinski definition) is 5. The number of benzene rings is 2. The van der Waals surface area contributed by atoms with Gasteiger partial charge in [0.05, 0.1) is 25.8 Å². The fourth-order valence-corrected chi connectivity index (χ4v) is 3.41. The zero-order valence-electron chi connectivity index (χ0n) is 16.1. The van der Waals surface area contributed by atoms with Crippen LogP contribution in [0.3, 0.4) is 0 Å². The van der Waals surface area contributed by atoms with Gasteiger partial charge in [0.1, 0.15) is 17.3 Å². The first kappa shape index (κ1) is 19.5. The molecular weight excluding hydrogens is 358 g/mol. The third kappa shape index (κ3) is 3.45. The monoisotopic (exact) mass is 381 g/mol. The average Bonchev–Trinajstić information content (AvgIpc) is 2.98. The Morgan fingerprint density at radius 3 is 2.32 bits per heavy atom. The second-order valence-electron chi connectivity index (χ2n) is 6.50. The van der Waals surface area contributed by atoms with Crippen LogP contribution in [0.25, 0.3) is 5.76 Å². The van der Waals surface area contributed by atoms with Crippen LogP contribution in [0.2, 0.25) is 0 Å². The lowest BCUT2D eigenvalue weighted by molar-refractivity contribution is -0.139. The first-order valence-electron chi connectivity index (χ1n) is 9.08. The number of amides is 1. The first-order valence-corrected chi connectivity index (χ1v) is 9.08. The SMILES string of the molecule is CCCN1C(=O)C(=O)/C(=C(\O)c2cccc(OC)c2)C1c1ccc(OC)cc1.